The van der Waals surface area contributed by atoms with Crippen LogP contribution in [0.4, 0.5) is 10.5 Å². The number of hydrogen-bond donors (Lipinski definition) is 2. The number of rotatable bonds is 4. The fourth-order valence-electron chi connectivity index (χ4n) is 1.76. The summed E-state index contributed by atoms with van der Waals surface area (Å²) in [6, 6.07) is 6.23. The molecule has 0 bridgehead atoms. The van der Waals surface area contributed by atoms with Gasteiger partial charge in [-0.2, -0.15) is 0 Å². The average Bonchev–Trinajstić information content (AvgIpc) is 2.41. The molecule has 1 aromatic rings. The van der Waals surface area contributed by atoms with E-state index in [1.807, 2.05) is 0 Å². The molecule has 0 aliphatic heterocycles. The number of nitrogens with one attached hydrogen (secondary N) is 2. The highest BCUT2D eigenvalue weighted by Gasteiger charge is 2.18. The summed E-state index contributed by atoms with van der Waals surface area (Å²) in [5.41, 5.74) is -0.334. The largest absolute Gasteiger partial charge is 0.459 e. The average molecular weight is 350 g/mol. The van der Waals surface area contributed by atoms with Crippen molar-refractivity contribution in [2.45, 2.75) is 52.7 Å². The van der Waals surface area contributed by atoms with Crippen molar-refractivity contribution in [3.05, 3.63) is 29.8 Å². The number of ether oxygens (including phenoxy) is 2. The van der Waals surface area contributed by atoms with E-state index in [2.05, 4.69) is 10.6 Å². The molecule has 138 valence electrons. The third-order valence-corrected chi connectivity index (χ3v) is 2.61. The lowest BCUT2D eigenvalue weighted by atomic mass is 10.2. The minimum Gasteiger partial charge on any atom is -0.459 e. The van der Waals surface area contributed by atoms with Gasteiger partial charge in [-0.1, -0.05) is 0 Å². The van der Waals surface area contributed by atoms with Crippen LogP contribution in [0, 0.1) is 0 Å². The zero-order valence-corrected chi connectivity index (χ0v) is 15.6. The molecule has 0 aliphatic carbocycles. The third kappa shape index (κ3) is 8.74. The van der Waals surface area contributed by atoms with Crippen LogP contribution >= 0.6 is 0 Å². The lowest BCUT2D eigenvalue weighted by Gasteiger charge is -2.20. The maximum atomic E-state index is 12.0. The first-order valence-electron chi connectivity index (χ1n) is 7.96. The van der Waals surface area contributed by atoms with E-state index < -0.39 is 29.2 Å². The molecule has 2 N–H and O–H groups in total. The van der Waals surface area contributed by atoms with Crippen LogP contribution in [0.3, 0.4) is 0 Å². The number of benzene rings is 1. The second-order valence-corrected chi connectivity index (χ2v) is 7.47. The SMILES string of the molecule is CC(C)(C)OC(=O)CNC(=O)c1ccc(NC(=O)OC(C)(C)C)cc1. The van der Waals surface area contributed by atoms with E-state index in [9.17, 15) is 14.4 Å². The van der Waals surface area contributed by atoms with Crippen LogP contribution in [0.1, 0.15) is 51.9 Å². The molecule has 1 aromatic carbocycles. The maximum Gasteiger partial charge on any atom is 0.412 e. The number of esters is 1. The van der Waals surface area contributed by atoms with Gasteiger partial charge in [-0.3, -0.25) is 14.9 Å². The number of anilines is 1. The molecule has 7 nitrogen and oxygen atoms in total. The van der Waals surface area contributed by atoms with Gasteiger partial charge >= 0.3 is 12.1 Å². The van der Waals surface area contributed by atoms with Crippen LogP contribution < -0.4 is 10.6 Å². The summed E-state index contributed by atoms with van der Waals surface area (Å²) >= 11 is 0. The van der Waals surface area contributed by atoms with Gasteiger partial charge < -0.3 is 14.8 Å². The van der Waals surface area contributed by atoms with Crippen molar-refractivity contribution in [1.29, 1.82) is 0 Å². The standard InChI is InChI=1S/C18H26N2O5/c1-17(2,3)24-14(21)11-19-15(22)12-7-9-13(10-8-12)20-16(23)25-18(4,5)6/h7-10H,11H2,1-6H3,(H,19,22)(H,20,23). The predicted octanol–water partition coefficient (Wildman–Crippen LogP) is 3.11. The number of amides is 2. The Kier molecular flexibility index (Phi) is 6.55. The molecule has 2 amide bonds. The molecule has 0 unspecified atom stereocenters. The second kappa shape index (κ2) is 8.00. The van der Waals surface area contributed by atoms with Crippen LogP contribution in [0.2, 0.25) is 0 Å². The van der Waals surface area contributed by atoms with Gasteiger partial charge in [0.05, 0.1) is 0 Å². The summed E-state index contributed by atoms with van der Waals surface area (Å²) in [5, 5.41) is 5.06. The Bertz CT molecular complexity index is 624. The fourth-order valence-corrected chi connectivity index (χ4v) is 1.76. The van der Waals surface area contributed by atoms with E-state index in [0.717, 1.165) is 0 Å². The quantitative estimate of drug-likeness (QED) is 0.814. The normalized spacial score (nSPS) is 11.4. The van der Waals surface area contributed by atoms with Crippen molar-refractivity contribution in [2.24, 2.45) is 0 Å². The van der Waals surface area contributed by atoms with E-state index in [4.69, 9.17) is 9.47 Å². The second-order valence-electron chi connectivity index (χ2n) is 7.47. The summed E-state index contributed by atoms with van der Waals surface area (Å²) in [4.78, 5) is 35.3. The summed E-state index contributed by atoms with van der Waals surface area (Å²) in [7, 11) is 0. The topological polar surface area (TPSA) is 93.7 Å². The molecule has 1 rings (SSSR count). The highest BCUT2D eigenvalue weighted by molar-refractivity contribution is 5.96. The minimum atomic E-state index is -0.600. The zero-order chi connectivity index (χ0) is 19.3. The van der Waals surface area contributed by atoms with Gasteiger partial charge in [-0.25, -0.2) is 4.79 Å². The summed E-state index contributed by atoms with van der Waals surface area (Å²) in [6.45, 7) is 10.4. The van der Waals surface area contributed by atoms with E-state index in [0.29, 0.717) is 11.3 Å². The van der Waals surface area contributed by atoms with Gasteiger partial charge in [0.1, 0.15) is 17.7 Å². The lowest BCUT2D eigenvalue weighted by Crippen LogP contribution is -2.34. The Labute approximate surface area is 148 Å². The molecule has 0 radical (unpaired) electrons. The Morgan fingerprint density at radius 1 is 0.880 bits per heavy atom. The smallest absolute Gasteiger partial charge is 0.412 e. The molecule has 0 heterocycles. The monoisotopic (exact) mass is 350 g/mol. The molecule has 7 heteroatoms. The number of carbonyl (C=O) groups is 3. The Morgan fingerprint density at radius 2 is 1.40 bits per heavy atom. The third-order valence-electron chi connectivity index (χ3n) is 2.61. The first-order valence-corrected chi connectivity index (χ1v) is 7.96. The molecule has 0 aromatic heterocycles. The molecule has 0 fully saturated rings. The first-order chi connectivity index (χ1) is 11.4. The van der Waals surface area contributed by atoms with Crippen molar-refractivity contribution >= 4 is 23.7 Å². The molecule has 25 heavy (non-hydrogen) atoms. The van der Waals surface area contributed by atoms with E-state index >= 15 is 0 Å². The summed E-state index contributed by atoms with van der Waals surface area (Å²) < 4.78 is 10.3. The Balaban J connectivity index is 2.54. The van der Waals surface area contributed by atoms with E-state index in [1.54, 1.807) is 53.7 Å². The van der Waals surface area contributed by atoms with Crippen molar-refractivity contribution in [2.75, 3.05) is 11.9 Å². The molecule has 0 saturated heterocycles. The Hall–Kier alpha value is -2.57. The molecule has 0 saturated carbocycles. The summed E-state index contributed by atoms with van der Waals surface area (Å²) in [6.07, 6.45) is -0.574. The number of carbonyl (C=O) groups excluding carboxylic acids is 3. The molecule has 0 atom stereocenters. The van der Waals surface area contributed by atoms with E-state index in [-0.39, 0.29) is 6.54 Å². The van der Waals surface area contributed by atoms with Crippen LogP contribution in [0.15, 0.2) is 24.3 Å². The van der Waals surface area contributed by atoms with Crippen molar-refractivity contribution in [1.82, 2.24) is 5.32 Å². The van der Waals surface area contributed by atoms with Crippen molar-refractivity contribution < 1.29 is 23.9 Å². The van der Waals surface area contributed by atoms with Gasteiger partial charge in [0.25, 0.3) is 5.91 Å². The fraction of sp³-hybridized carbons (Fsp3) is 0.500. The van der Waals surface area contributed by atoms with Crippen molar-refractivity contribution in [3.8, 4) is 0 Å². The van der Waals surface area contributed by atoms with Crippen LogP contribution in [0.25, 0.3) is 0 Å². The van der Waals surface area contributed by atoms with Crippen LogP contribution in [0.5, 0.6) is 0 Å². The lowest BCUT2D eigenvalue weighted by molar-refractivity contribution is -0.153. The molecular weight excluding hydrogens is 324 g/mol. The van der Waals surface area contributed by atoms with Gasteiger partial charge in [0.15, 0.2) is 0 Å². The maximum absolute atomic E-state index is 12.0. The number of hydrogen-bond acceptors (Lipinski definition) is 5. The van der Waals surface area contributed by atoms with Crippen LogP contribution in [-0.4, -0.2) is 35.7 Å². The Morgan fingerprint density at radius 3 is 1.88 bits per heavy atom. The molecule has 0 aliphatic rings. The van der Waals surface area contributed by atoms with E-state index in [1.165, 1.54) is 12.1 Å². The zero-order valence-electron chi connectivity index (χ0n) is 15.6. The van der Waals surface area contributed by atoms with Gasteiger partial charge in [0.2, 0.25) is 0 Å². The minimum absolute atomic E-state index is 0.214. The highest BCUT2D eigenvalue weighted by Crippen LogP contribution is 2.13. The van der Waals surface area contributed by atoms with Gasteiger partial charge in [-0.05, 0) is 65.8 Å². The molecular formula is C18H26N2O5. The predicted molar refractivity (Wildman–Crippen MR) is 94.5 cm³/mol. The molecule has 0 spiro atoms. The van der Waals surface area contributed by atoms with Gasteiger partial charge in [0, 0.05) is 11.3 Å². The highest BCUT2D eigenvalue weighted by atomic mass is 16.6. The summed E-state index contributed by atoms with van der Waals surface area (Å²) in [5.74, 6) is -0.918. The first kappa shape index (κ1) is 20.5. The van der Waals surface area contributed by atoms with Gasteiger partial charge in [-0.15, -0.1) is 0 Å². The van der Waals surface area contributed by atoms with Crippen LogP contribution in [-0.2, 0) is 14.3 Å². The van der Waals surface area contributed by atoms with Crippen molar-refractivity contribution in [3.63, 3.8) is 0 Å².